The fraction of sp³-hybridized carbons (Fsp3) is 0.854. The predicted molar refractivity (Wildman–Crippen MR) is 210 cm³/mol. The van der Waals surface area contributed by atoms with Gasteiger partial charge in [0.2, 0.25) is 0 Å². The second kappa shape index (κ2) is 40.3. The van der Waals surface area contributed by atoms with Crippen LogP contribution >= 0.6 is 8.25 Å². The van der Waals surface area contributed by atoms with Crippen LogP contribution in [0.25, 0.3) is 0 Å². The quantitative estimate of drug-likeness (QED) is 0.0288. The van der Waals surface area contributed by atoms with Crippen LogP contribution in [0.2, 0.25) is 0 Å². The molecular weight excluding hydrogens is 649 g/mol. The van der Waals surface area contributed by atoms with Crippen LogP contribution in [0.15, 0.2) is 24.3 Å². The molecule has 0 aliphatic rings. The van der Waals surface area contributed by atoms with Crippen molar-refractivity contribution >= 4 is 20.2 Å². The van der Waals surface area contributed by atoms with Gasteiger partial charge in [-0.2, -0.15) is 0 Å². The Hall–Kier alpha value is -1.47. The zero-order valence-electron chi connectivity index (χ0n) is 32.4. The van der Waals surface area contributed by atoms with E-state index in [2.05, 4.69) is 38.2 Å². The molecule has 294 valence electrons. The second-order valence-corrected chi connectivity index (χ2v) is 14.7. The molecule has 0 saturated carbocycles. The van der Waals surface area contributed by atoms with Gasteiger partial charge in [0.25, 0.3) is 0 Å². The Morgan fingerprint density at radius 2 is 0.940 bits per heavy atom. The minimum Gasteiger partial charge on any atom is -0.462 e. The minimum absolute atomic E-state index is 0.114. The molecule has 0 radical (unpaired) electrons. The Labute approximate surface area is 308 Å². The Kier molecular flexibility index (Phi) is 39.1. The lowest BCUT2D eigenvalue weighted by atomic mass is 10.1. The van der Waals surface area contributed by atoms with E-state index >= 15 is 0 Å². The highest BCUT2D eigenvalue weighted by Crippen LogP contribution is 2.24. The largest absolute Gasteiger partial charge is 0.462 e. The molecule has 0 heterocycles. The number of esters is 2. The third kappa shape index (κ3) is 37.8. The summed E-state index contributed by atoms with van der Waals surface area (Å²) in [6, 6.07) is 0. The molecule has 0 rings (SSSR count). The van der Waals surface area contributed by atoms with Gasteiger partial charge in [-0.1, -0.05) is 141 Å². The van der Waals surface area contributed by atoms with Gasteiger partial charge >= 0.3 is 20.2 Å². The van der Waals surface area contributed by atoms with E-state index in [4.69, 9.17) is 24.3 Å². The Morgan fingerprint density at radius 3 is 1.38 bits per heavy atom. The first-order valence-electron chi connectivity index (χ1n) is 20.7. The molecule has 0 spiro atoms. The van der Waals surface area contributed by atoms with Crippen molar-refractivity contribution in [3.05, 3.63) is 24.3 Å². The smallest absolute Gasteiger partial charge is 0.319 e. The molecule has 0 aromatic heterocycles. The van der Waals surface area contributed by atoms with E-state index in [9.17, 15) is 14.2 Å². The van der Waals surface area contributed by atoms with Gasteiger partial charge in [-0.3, -0.25) is 14.2 Å². The molecular formula is C41H78NO7P. The van der Waals surface area contributed by atoms with E-state index in [1.54, 1.807) is 0 Å². The van der Waals surface area contributed by atoms with Crippen LogP contribution in [0.1, 0.15) is 194 Å². The zero-order valence-corrected chi connectivity index (χ0v) is 33.4. The van der Waals surface area contributed by atoms with Crippen LogP contribution in [-0.4, -0.2) is 44.4 Å². The van der Waals surface area contributed by atoms with E-state index < -0.39 is 14.4 Å². The third-order valence-electron chi connectivity index (χ3n) is 8.74. The van der Waals surface area contributed by atoms with Crippen molar-refractivity contribution in [2.24, 2.45) is 5.73 Å². The van der Waals surface area contributed by atoms with E-state index in [-0.39, 0.29) is 44.7 Å². The van der Waals surface area contributed by atoms with E-state index in [0.717, 1.165) is 64.2 Å². The number of hydrogen-bond donors (Lipinski definition) is 1. The number of ether oxygens (including phenoxy) is 2. The summed E-state index contributed by atoms with van der Waals surface area (Å²) in [4.78, 5) is 24.9. The Bertz CT molecular complexity index is 836. The van der Waals surface area contributed by atoms with E-state index in [1.807, 2.05) is 0 Å². The summed E-state index contributed by atoms with van der Waals surface area (Å²) >= 11 is 0. The van der Waals surface area contributed by atoms with Gasteiger partial charge in [-0.25, -0.2) is 0 Å². The zero-order chi connectivity index (χ0) is 36.6. The van der Waals surface area contributed by atoms with E-state index in [0.29, 0.717) is 6.42 Å². The van der Waals surface area contributed by atoms with Crippen LogP contribution in [0.5, 0.6) is 0 Å². The predicted octanol–water partition coefficient (Wildman–Crippen LogP) is 11.9. The Balaban J connectivity index is 4.09. The van der Waals surface area contributed by atoms with Crippen molar-refractivity contribution in [1.82, 2.24) is 0 Å². The highest BCUT2D eigenvalue weighted by Gasteiger charge is 2.19. The summed E-state index contributed by atoms with van der Waals surface area (Å²) in [6.07, 6.45) is 40.1. The maximum absolute atomic E-state index is 12.5. The minimum atomic E-state index is -2.77. The molecule has 0 saturated heterocycles. The number of nitrogens with two attached hydrogens (primary N) is 1. The molecule has 0 amide bonds. The maximum Gasteiger partial charge on any atom is 0.319 e. The van der Waals surface area contributed by atoms with Crippen molar-refractivity contribution in [2.75, 3.05) is 26.4 Å². The highest BCUT2D eigenvalue weighted by molar-refractivity contribution is 7.33. The maximum atomic E-state index is 12.5. The summed E-state index contributed by atoms with van der Waals surface area (Å²) < 4.78 is 33.2. The first-order valence-corrected chi connectivity index (χ1v) is 21.9. The topological polar surface area (TPSA) is 114 Å². The van der Waals surface area contributed by atoms with Gasteiger partial charge in [0.15, 0.2) is 6.10 Å². The van der Waals surface area contributed by atoms with Gasteiger partial charge in [-0.05, 0) is 64.2 Å². The molecule has 8 nitrogen and oxygen atoms in total. The van der Waals surface area contributed by atoms with Crippen LogP contribution < -0.4 is 5.73 Å². The molecule has 0 aliphatic heterocycles. The first kappa shape index (κ1) is 48.5. The number of rotatable bonds is 39. The molecule has 50 heavy (non-hydrogen) atoms. The average molecular weight is 728 g/mol. The van der Waals surface area contributed by atoms with Crippen LogP contribution in [-0.2, 0) is 32.7 Å². The molecule has 2 N–H and O–H groups in total. The number of hydrogen-bond acceptors (Lipinski definition) is 8. The van der Waals surface area contributed by atoms with Crippen LogP contribution in [0, 0.1) is 0 Å². The van der Waals surface area contributed by atoms with Gasteiger partial charge in [0.1, 0.15) is 6.61 Å². The molecule has 9 heteroatoms. The number of allylic oxidation sites excluding steroid dienone is 4. The molecule has 0 aromatic carbocycles. The average Bonchev–Trinajstić information content (AvgIpc) is 3.11. The van der Waals surface area contributed by atoms with Crippen LogP contribution in [0.4, 0.5) is 0 Å². The number of unbranched alkanes of at least 4 members (excludes halogenated alkanes) is 22. The molecule has 2 atom stereocenters. The summed E-state index contributed by atoms with van der Waals surface area (Å²) in [6.45, 7) is 4.55. The van der Waals surface area contributed by atoms with Crippen LogP contribution in [0.3, 0.4) is 0 Å². The lowest BCUT2D eigenvalue weighted by Gasteiger charge is -2.18. The normalized spacial score (nSPS) is 12.9. The second-order valence-electron chi connectivity index (χ2n) is 13.7. The number of carbonyl (C=O) groups excluding carboxylic acids is 2. The SMILES string of the molecule is CCCCCCCC/C=C\CCCCCCCC(=O)OCC(CO[PH](=O)OCCN)OC(=O)CCCCCCC/C=C\CCCCCCCC. The fourth-order valence-electron chi connectivity index (χ4n) is 5.64. The summed E-state index contributed by atoms with van der Waals surface area (Å²) in [5, 5.41) is 0. The molecule has 0 fully saturated rings. The molecule has 0 bridgehead atoms. The summed E-state index contributed by atoms with van der Waals surface area (Å²) in [7, 11) is -2.77. The van der Waals surface area contributed by atoms with Gasteiger partial charge in [-0.15, -0.1) is 0 Å². The first-order chi connectivity index (χ1) is 24.5. The van der Waals surface area contributed by atoms with Crippen molar-refractivity contribution in [1.29, 1.82) is 0 Å². The lowest BCUT2D eigenvalue weighted by Crippen LogP contribution is -2.29. The lowest BCUT2D eigenvalue weighted by molar-refractivity contribution is -0.161. The standard InChI is InChI=1S/C41H78NO7P/c1-3-5-7-9-11-13-15-17-19-21-23-25-27-29-31-33-40(43)46-37-39(38-48-50(45)47-36-35-42)49-41(44)34-32-30-28-26-24-22-20-18-16-14-12-10-8-6-4-2/h17-20,39,50H,3-16,21-38,42H2,1-2H3/b19-17-,20-18-. The summed E-state index contributed by atoms with van der Waals surface area (Å²) in [5.41, 5.74) is 5.39. The molecule has 0 aliphatic carbocycles. The van der Waals surface area contributed by atoms with Crippen molar-refractivity contribution < 1.29 is 32.7 Å². The summed E-state index contributed by atoms with van der Waals surface area (Å²) in [5.74, 6) is -0.694. The highest BCUT2D eigenvalue weighted by atomic mass is 31.1. The Morgan fingerprint density at radius 1 is 0.540 bits per heavy atom. The van der Waals surface area contributed by atoms with Crippen molar-refractivity contribution in [3.8, 4) is 0 Å². The monoisotopic (exact) mass is 728 g/mol. The van der Waals surface area contributed by atoms with Crippen molar-refractivity contribution in [3.63, 3.8) is 0 Å². The van der Waals surface area contributed by atoms with Gasteiger partial charge in [0.05, 0.1) is 13.2 Å². The molecule has 0 aromatic rings. The van der Waals surface area contributed by atoms with Gasteiger partial charge in [0, 0.05) is 19.4 Å². The third-order valence-corrected chi connectivity index (χ3v) is 9.58. The fourth-order valence-corrected chi connectivity index (χ4v) is 6.33. The van der Waals surface area contributed by atoms with Gasteiger partial charge < -0.3 is 24.3 Å². The van der Waals surface area contributed by atoms with E-state index in [1.165, 1.54) is 103 Å². The molecule has 2 unspecified atom stereocenters. The number of carbonyl (C=O) groups is 2. The van der Waals surface area contributed by atoms with Crippen molar-refractivity contribution in [2.45, 2.75) is 200 Å².